The summed E-state index contributed by atoms with van der Waals surface area (Å²) in [5, 5.41) is 59.6. The molecule has 6 N–H and O–H groups in total. The lowest BCUT2D eigenvalue weighted by atomic mass is 9.99. The summed E-state index contributed by atoms with van der Waals surface area (Å²) in [5.41, 5.74) is -0.150. The fraction of sp³-hybridized carbons (Fsp3) is 0.318. The molecule has 0 aliphatic carbocycles. The van der Waals surface area contributed by atoms with Gasteiger partial charge in [-0.05, 0) is 18.2 Å². The van der Waals surface area contributed by atoms with E-state index in [2.05, 4.69) is 0 Å². The highest BCUT2D eigenvalue weighted by Gasteiger charge is 2.45. The van der Waals surface area contributed by atoms with Crippen LogP contribution in [0, 0.1) is 0 Å². The minimum Gasteiger partial charge on any atom is -0.507 e. The van der Waals surface area contributed by atoms with E-state index in [0.29, 0.717) is 5.56 Å². The third-order valence-electron chi connectivity index (χ3n) is 5.35. The number of aromatic hydroxyl groups is 2. The molecule has 2 aromatic carbocycles. The second-order valence-corrected chi connectivity index (χ2v) is 7.49. The molecule has 33 heavy (non-hydrogen) atoms. The highest BCUT2D eigenvalue weighted by atomic mass is 16.7. The Morgan fingerprint density at radius 2 is 1.73 bits per heavy atom. The summed E-state index contributed by atoms with van der Waals surface area (Å²) in [7, 11) is 1.39. The van der Waals surface area contributed by atoms with Gasteiger partial charge in [-0.3, -0.25) is 4.79 Å². The first kappa shape index (κ1) is 22.8. The third-order valence-corrected chi connectivity index (χ3v) is 5.35. The minimum atomic E-state index is -1.68. The lowest BCUT2D eigenvalue weighted by Gasteiger charge is -2.39. The Balaban J connectivity index is 1.70. The van der Waals surface area contributed by atoms with E-state index in [1.807, 2.05) is 0 Å². The average molecular weight is 462 g/mol. The Hall–Kier alpha value is -3.35. The Morgan fingerprint density at radius 1 is 0.970 bits per heavy atom. The maximum atomic E-state index is 12.6. The molecule has 2 heterocycles. The Bertz CT molecular complexity index is 1220. The van der Waals surface area contributed by atoms with Gasteiger partial charge in [-0.15, -0.1) is 0 Å². The van der Waals surface area contributed by atoms with E-state index < -0.39 is 42.7 Å². The summed E-state index contributed by atoms with van der Waals surface area (Å²) >= 11 is 0. The highest BCUT2D eigenvalue weighted by molar-refractivity contribution is 5.86. The molecule has 0 bridgehead atoms. The van der Waals surface area contributed by atoms with E-state index in [9.17, 15) is 35.4 Å². The zero-order chi connectivity index (χ0) is 23.9. The molecule has 0 amide bonds. The van der Waals surface area contributed by atoms with Crippen LogP contribution in [0.2, 0.25) is 0 Å². The molecular formula is C22H22O11. The van der Waals surface area contributed by atoms with Crippen molar-refractivity contribution >= 4 is 11.0 Å². The number of benzene rings is 2. The van der Waals surface area contributed by atoms with Crippen LogP contribution in [0.15, 0.2) is 45.6 Å². The molecule has 1 aromatic heterocycles. The molecule has 0 unspecified atom stereocenters. The highest BCUT2D eigenvalue weighted by Crippen LogP contribution is 2.36. The predicted octanol–water partition coefficient (Wildman–Crippen LogP) is 0.0585. The maximum Gasteiger partial charge on any atom is 0.229 e. The number of rotatable bonds is 5. The van der Waals surface area contributed by atoms with Crippen LogP contribution >= 0.6 is 0 Å². The molecular weight excluding hydrogens is 440 g/mol. The molecule has 176 valence electrons. The summed E-state index contributed by atoms with van der Waals surface area (Å²) in [6.07, 6.45) is -7.62. The first-order valence-electron chi connectivity index (χ1n) is 9.89. The van der Waals surface area contributed by atoms with Gasteiger partial charge in [0.25, 0.3) is 0 Å². The number of ether oxygens (including phenoxy) is 3. The van der Waals surface area contributed by atoms with E-state index in [4.69, 9.17) is 18.6 Å². The van der Waals surface area contributed by atoms with Gasteiger partial charge in [-0.1, -0.05) is 0 Å². The first-order chi connectivity index (χ1) is 15.7. The van der Waals surface area contributed by atoms with Crippen LogP contribution in [0.4, 0.5) is 0 Å². The van der Waals surface area contributed by atoms with Crippen LogP contribution in [-0.2, 0) is 4.74 Å². The molecule has 1 fully saturated rings. The van der Waals surface area contributed by atoms with Crippen molar-refractivity contribution in [1.29, 1.82) is 0 Å². The Morgan fingerprint density at radius 3 is 2.42 bits per heavy atom. The SMILES string of the molecule is COc1cc(O)c2c(=O)cc(-c3ccc(O)c(O[C@@H]4O[C@H](CO)[C@H](O)[C@H](O)[C@H]4O)c3)oc2c1. The van der Waals surface area contributed by atoms with Crippen molar-refractivity contribution in [2.75, 3.05) is 13.7 Å². The Kier molecular flexibility index (Phi) is 6.15. The second kappa shape index (κ2) is 8.89. The normalized spacial score (nSPS) is 25.2. The number of aliphatic hydroxyl groups excluding tert-OH is 4. The van der Waals surface area contributed by atoms with Gasteiger partial charge in [-0.25, -0.2) is 0 Å². The molecule has 0 saturated carbocycles. The van der Waals surface area contributed by atoms with Crippen molar-refractivity contribution in [2.24, 2.45) is 0 Å². The smallest absolute Gasteiger partial charge is 0.229 e. The number of hydrogen-bond acceptors (Lipinski definition) is 11. The predicted molar refractivity (Wildman–Crippen MR) is 112 cm³/mol. The molecule has 0 radical (unpaired) electrons. The van der Waals surface area contributed by atoms with Gasteiger partial charge < -0.3 is 49.3 Å². The molecule has 0 spiro atoms. The number of hydrogen-bond donors (Lipinski definition) is 6. The molecule has 3 aromatic rings. The first-order valence-corrected chi connectivity index (χ1v) is 9.89. The summed E-state index contributed by atoms with van der Waals surface area (Å²) in [4.78, 5) is 12.6. The van der Waals surface area contributed by atoms with E-state index in [0.717, 1.165) is 6.07 Å². The van der Waals surface area contributed by atoms with E-state index in [-0.39, 0.29) is 39.7 Å². The van der Waals surface area contributed by atoms with Crippen molar-refractivity contribution in [3.63, 3.8) is 0 Å². The number of phenols is 2. The average Bonchev–Trinajstić information content (AvgIpc) is 2.79. The largest absolute Gasteiger partial charge is 0.507 e. The topological polar surface area (TPSA) is 179 Å². The van der Waals surface area contributed by atoms with Crippen molar-refractivity contribution in [1.82, 2.24) is 0 Å². The molecule has 11 nitrogen and oxygen atoms in total. The quantitative estimate of drug-likeness (QED) is 0.302. The van der Waals surface area contributed by atoms with Gasteiger partial charge >= 0.3 is 0 Å². The van der Waals surface area contributed by atoms with Gasteiger partial charge in [0.05, 0.1) is 13.7 Å². The molecule has 1 aliphatic heterocycles. The molecule has 1 saturated heterocycles. The van der Waals surface area contributed by atoms with Gasteiger partial charge in [0, 0.05) is 23.8 Å². The number of phenolic OH excluding ortho intramolecular Hbond substituents is 2. The standard InChI is InChI=1S/C22H22O11/c1-30-10-5-12(25)18-13(26)7-14(31-16(18)6-10)9-2-3-11(24)15(4-9)32-22-21(29)20(28)19(27)17(8-23)33-22/h2-7,17,19-25,27-29H,8H2,1H3/t17-,19+,20+,21-,22-/m1/s1. The third kappa shape index (κ3) is 4.19. The van der Waals surface area contributed by atoms with E-state index >= 15 is 0 Å². The number of methoxy groups -OCH3 is 1. The van der Waals surface area contributed by atoms with E-state index in [1.165, 1.54) is 37.4 Å². The fourth-order valence-corrected chi connectivity index (χ4v) is 3.56. The molecule has 5 atom stereocenters. The monoisotopic (exact) mass is 462 g/mol. The van der Waals surface area contributed by atoms with Crippen LogP contribution < -0.4 is 14.9 Å². The maximum absolute atomic E-state index is 12.6. The van der Waals surface area contributed by atoms with Crippen LogP contribution in [-0.4, -0.2) is 75.1 Å². The Labute approximate surface area is 186 Å². The van der Waals surface area contributed by atoms with Crippen LogP contribution in [0.5, 0.6) is 23.0 Å². The minimum absolute atomic E-state index is 0.0314. The summed E-state index contributed by atoms with van der Waals surface area (Å²) in [5.74, 6) is -0.482. The van der Waals surface area contributed by atoms with Gasteiger partial charge in [0.15, 0.2) is 16.9 Å². The number of aliphatic hydroxyl groups is 4. The van der Waals surface area contributed by atoms with Crippen molar-refractivity contribution in [3.05, 3.63) is 46.6 Å². The van der Waals surface area contributed by atoms with Gasteiger partial charge in [0.2, 0.25) is 6.29 Å². The van der Waals surface area contributed by atoms with Crippen molar-refractivity contribution < 1.29 is 49.3 Å². The summed E-state index contributed by atoms with van der Waals surface area (Å²) in [6, 6.07) is 7.87. The zero-order valence-corrected chi connectivity index (χ0v) is 17.3. The van der Waals surface area contributed by atoms with Crippen LogP contribution in [0.3, 0.4) is 0 Å². The van der Waals surface area contributed by atoms with Crippen molar-refractivity contribution in [2.45, 2.75) is 30.7 Å². The fourth-order valence-electron chi connectivity index (χ4n) is 3.56. The van der Waals surface area contributed by atoms with Crippen LogP contribution in [0.25, 0.3) is 22.3 Å². The summed E-state index contributed by atoms with van der Waals surface area (Å²) in [6.45, 7) is -0.643. The van der Waals surface area contributed by atoms with Gasteiger partial charge in [-0.2, -0.15) is 0 Å². The molecule has 11 heteroatoms. The molecule has 1 aliphatic rings. The molecule has 4 rings (SSSR count). The second-order valence-electron chi connectivity index (χ2n) is 7.49. The van der Waals surface area contributed by atoms with Crippen LogP contribution in [0.1, 0.15) is 0 Å². The van der Waals surface area contributed by atoms with E-state index in [1.54, 1.807) is 0 Å². The van der Waals surface area contributed by atoms with Gasteiger partial charge in [0.1, 0.15) is 52.6 Å². The summed E-state index contributed by atoms with van der Waals surface area (Å²) < 4.78 is 21.6. The van der Waals surface area contributed by atoms with Crippen molar-refractivity contribution in [3.8, 4) is 34.3 Å². The zero-order valence-electron chi connectivity index (χ0n) is 17.3. The lowest BCUT2D eigenvalue weighted by molar-refractivity contribution is -0.277. The number of fused-ring (bicyclic) bond motifs is 1. The lowest BCUT2D eigenvalue weighted by Crippen LogP contribution is -2.60.